The number of rotatable bonds is 20. The molecule has 366 valence electrons. The lowest BCUT2D eigenvalue weighted by molar-refractivity contribution is -0.136. The van der Waals surface area contributed by atoms with Crippen molar-refractivity contribution in [2.75, 3.05) is 48.6 Å². The Labute approximate surface area is 409 Å². The van der Waals surface area contributed by atoms with Crippen LogP contribution in [0.1, 0.15) is 38.8 Å². The van der Waals surface area contributed by atoms with Crippen LogP contribution in [0.25, 0.3) is 0 Å². The fraction of sp³-hybridized carbons (Fsp3) is 0.261. The summed E-state index contributed by atoms with van der Waals surface area (Å²) < 4.78 is 61.8. The molecular formula is C46H51Cl2N9O10S2. The molecule has 0 bridgehead atoms. The van der Waals surface area contributed by atoms with Crippen LogP contribution in [0.4, 0.5) is 46.3 Å². The van der Waals surface area contributed by atoms with Gasteiger partial charge in [0.05, 0.1) is 89.1 Å². The highest BCUT2D eigenvalue weighted by Gasteiger charge is 2.25. The van der Waals surface area contributed by atoms with Gasteiger partial charge in [-0.15, -0.1) is 0 Å². The highest BCUT2D eigenvalue weighted by atomic mass is 35.5. The maximum atomic E-state index is 12.8. The van der Waals surface area contributed by atoms with Crippen molar-refractivity contribution in [2.45, 2.75) is 60.8 Å². The molecule has 0 aliphatic rings. The fourth-order valence-electron chi connectivity index (χ4n) is 6.21. The van der Waals surface area contributed by atoms with Crippen LogP contribution in [-0.2, 0) is 42.1 Å². The number of para-hydroxylation sites is 2. The van der Waals surface area contributed by atoms with Crippen LogP contribution in [0.2, 0.25) is 10.0 Å². The highest BCUT2D eigenvalue weighted by Crippen LogP contribution is 2.34. The van der Waals surface area contributed by atoms with E-state index in [0.29, 0.717) is 45.4 Å². The number of amides is 1. The highest BCUT2D eigenvalue weighted by molar-refractivity contribution is 7.92. The van der Waals surface area contributed by atoms with Gasteiger partial charge in [0.1, 0.15) is 21.5 Å². The van der Waals surface area contributed by atoms with Gasteiger partial charge in [-0.1, -0.05) is 59.6 Å². The first-order valence-corrected chi connectivity index (χ1v) is 24.8. The monoisotopic (exact) mass is 1020 g/mol. The van der Waals surface area contributed by atoms with Gasteiger partial charge < -0.3 is 46.3 Å². The van der Waals surface area contributed by atoms with E-state index < -0.39 is 36.1 Å². The summed E-state index contributed by atoms with van der Waals surface area (Å²) in [5.74, 6) is 0.491. The van der Waals surface area contributed by atoms with Crippen LogP contribution >= 0.6 is 23.2 Å². The van der Waals surface area contributed by atoms with Crippen molar-refractivity contribution in [1.82, 2.24) is 25.3 Å². The summed E-state index contributed by atoms with van der Waals surface area (Å²) in [5, 5.41) is 31.7. The molecule has 6 rings (SSSR count). The molecular weight excluding hydrogens is 974 g/mol. The normalized spacial score (nSPS) is 11.3. The number of anilines is 8. The number of aliphatic hydroxyl groups is 1. The first kappa shape index (κ1) is 53.2. The summed E-state index contributed by atoms with van der Waals surface area (Å²) in [6.45, 7) is 6.48. The number of sulfone groups is 2. The van der Waals surface area contributed by atoms with Gasteiger partial charge in [-0.25, -0.2) is 26.8 Å². The zero-order valence-electron chi connectivity index (χ0n) is 38.2. The number of carboxylic acids is 1. The second kappa shape index (κ2) is 24.0. The molecule has 7 N–H and O–H groups in total. The molecule has 2 aromatic heterocycles. The number of aromatic nitrogens is 4. The van der Waals surface area contributed by atoms with Crippen molar-refractivity contribution in [3.05, 3.63) is 118 Å². The molecule has 0 saturated carbocycles. The molecule has 0 aliphatic carbocycles. The van der Waals surface area contributed by atoms with Gasteiger partial charge in [-0.3, -0.25) is 9.59 Å². The lowest BCUT2D eigenvalue weighted by Gasteiger charge is -2.16. The Bertz CT molecular complexity index is 3020. The molecule has 2 heterocycles. The van der Waals surface area contributed by atoms with Gasteiger partial charge in [0.2, 0.25) is 17.8 Å². The molecule has 0 saturated heterocycles. The van der Waals surface area contributed by atoms with E-state index in [0.717, 1.165) is 0 Å². The lowest BCUT2D eigenvalue weighted by atomic mass is 10.1. The number of carboxylic acid groups (broad SMARTS) is 1. The number of carbonyl (C=O) groups excluding carboxylic acids is 1. The maximum Gasteiger partial charge on any atom is 0.307 e. The molecule has 0 fully saturated rings. The van der Waals surface area contributed by atoms with Crippen LogP contribution in [-0.4, -0.2) is 96.7 Å². The van der Waals surface area contributed by atoms with Crippen molar-refractivity contribution in [3.63, 3.8) is 0 Å². The predicted octanol–water partition coefficient (Wildman–Crippen LogP) is 7.89. The molecule has 19 nitrogen and oxygen atoms in total. The average Bonchev–Trinajstić information content (AvgIpc) is 3.31. The van der Waals surface area contributed by atoms with Crippen LogP contribution in [0.3, 0.4) is 0 Å². The summed E-state index contributed by atoms with van der Waals surface area (Å²) in [6.07, 6.45) is 2.70. The number of aliphatic hydroxyl groups excluding tert-OH is 1. The summed E-state index contributed by atoms with van der Waals surface area (Å²) >= 11 is 12.6. The van der Waals surface area contributed by atoms with Crippen LogP contribution in [0.15, 0.2) is 107 Å². The summed E-state index contributed by atoms with van der Waals surface area (Å²) in [6, 6.07) is 23.1. The molecule has 0 spiro atoms. The van der Waals surface area contributed by atoms with E-state index in [-0.39, 0.29) is 75.3 Å². The SMILES string of the molecule is COc1ccc(CC(=O)NCCO)cc1Nc1ncc(Cl)c(Nc2ccccc2S(=O)(=O)C(C)C)n1.COc1ccc(CC(=O)O)cc1Nc1ncc(Cl)c(Nc2ccccc2S(=O)(=O)C(C)C)n1. The van der Waals surface area contributed by atoms with E-state index in [9.17, 15) is 26.4 Å². The predicted molar refractivity (Wildman–Crippen MR) is 266 cm³/mol. The van der Waals surface area contributed by atoms with Crippen LogP contribution in [0.5, 0.6) is 11.5 Å². The first-order chi connectivity index (χ1) is 32.8. The van der Waals surface area contributed by atoms with E-state index in [1.807, 2.05) is 0 Å². The number of methoxy groups -OCH3 is 2. The average molecular weight is 1030 g/mol. The number of ether oxygens (including phenoxy) is 2. The number of hydrogen-bond donors (Lipinski definition) is 7. The summed E-state index contributed by atoms with van der Waals surface area (Å²) in [4.78, 5) is 40.5. The van der Waals surface area contributed by atoms with Gasteiger partial charge in [0, 0.05) is 6.54 Å². The molecule has 0 unspecified atom stereocenters. The zero-order valence-corrected chi connectivity index (χ0v) is 41.4. The van der Waals surface area contributed by atoms with Gasteiger partial charge in [-0.05, 0) is 87.4 Å². The quantitative estimate of drug-likeness (QED) is 0.0383. The van der Waals surface area contributed by atoms with Crippen LogP contribution in [0, 0.1) is 0 Å². The largest absolute Gasteiger partial charge is 0.495 e. The Morgan fingerprint density at radius 1 is 0.623 bits per heavy atom. The first-order valence-electron chi connectivity index (χ1n) is 21.0. The summed E-state index contributed by atoms with van der Waals surface area (Å²) in [7, 11) is -4.11. The Morgan fingerprint density at radius 2 is 1.04 bits per heavy atom. The Balaban J connectivity index is 0.000000258. The Kier molecular flexibility index (Phi) is 18.5. The van der Waals surface area contributed by atoms with E-state index in [1.54, 1.807) is 100 Å². The third-order valence-electron chi connectivity index (χ3n) is 9.80. The minimum absolute atomic E-state index is 0.105. The van der Waals surface area contributed by atoms with Crippen molar-refractivity contribution in [1.29, 1.82) is 0 Å². The number of benzene rings is 4. The second-order valence-corrected chi connectivity index (χ2v) is 21.1. The molecule has 23 heteroatoms. The number of nitrogens with zero attached hydrogens (tertiary/aromatic N) is 4. The molecule has 1 amide bonds. The zero-order chi connectivity index (χ0) is 50.5. The standard InChI is InChI=1S/C24H28ClN5O5S.C22H23ClN4O5S/c1-15(2)36(33,34)21-7-5-4-6-18(21)28-23-17(25)14-27-24(30-23)29-19-12-16(8-9-20(19)35-3)13-22(32)26-10-11-31;1-13(2)33(30,31)19-7-5-4-6-16(19)25-21-15(23)12-24-22(27-21)26-17-10-14(11-20(28)29)8-9-18(17)32-3/h4-9,12,14-15,31H,10-11,13H2,1-3H3,(H,26,32)(H2,27,28,29,30);4-10,12-13H,11H2,1-3H3,(H,28,29)(H2,24,25,26,27). The number of hydrogen-bond acceptors (Lipinski definition) is 17. The number of carbonyl (C=O) groups is 2. The second-order valence-electron chi connectivity index (χ2n) is 15.4. The van der Waals surface area contributed by atoms with Crippen molar-refractivity contribution < 1.29 is 46.1 Å². The van der Waals surface area contributed by atoms with Gasteiger partial charge in [-0.2, -0.15) is 9.97 Å². The molecule has 69 heavy (non-hydrogen) atoms. The maximum absolute atomic E-state index is 12.8. The number of nitrogens with one attached hydrogen (secondary N) is 5. The molecule has 0 atom stereocenters. The molecule has 6 aromatic rings. The van der Waals surface area contributed by atoms with E-state index >= 15 is 0 Å². The minimum atomic E-state index is -3.56. The van der Waals surface area contributed by atoms with Gasteiger partial charge in [0.15, 0.2) is 31.3 Å². The van der Waals surface area contributed by atoms with Crippen molar-refractivity contribution in [2.24, 2.45) is 0 Å². The van der Waals surface area contributed by atoms with E-state index in [4.69, 9.17) is 42.9 Å². The molecule has 4 aromatic carbocycles. The minimum Gasteiger partial charge on any atom is -0.495 e. The Morgan fingerprint density at radius 3 is 1.43 bits per heavy atom. The number of aliphatic carboxylic acids is 1. The third-order valence-corrected chi connectivity index (χ3v) is 14.8. The molecule has 0 radical (unpaired) electrons. The van der Waals surface area contributed by atoms with Crippen LogP contribution < -0.4 is 36.1 Å². The molecule has 0 aliphatic heterocycles. The Hall–Kier alpha value is -6.78. The van der Waals surface area contributed by atoms with Gasteiger partial charge in [0.25, 0.3) is 0 Å². The van der Waals surface area contributed by atoms with Crippen molar-refractivity contribution >= 4 is 101 Å². The fourth-order valence-corrected chi connectivity index (χ4v) is 8.89. The summed E-state index contributed by atoms with van der Waals surface area (Å²) in [5.41, 5.74) is 2.91. The third kappa shape index (κ3) is 14.1. The van der Waals surface area contributed by atoms with Gasteiger partial charge >= 0.3 is 5.97 Å². The van der Waals surface area contributed by atoms with E-state index in [1.165, 1.54) is 38.7 Å². The lowest BCUT2D eigenvalue weighted by Crippen LogP contribution is -2.27. The van der Waals surface area contributed by atoms with E-state index in [2.05, 4.69) is 46.5 Å². The van der Waals surface area contributed by atoms with Crippen molar-refractivity contribution in [3.8, 4) is 11.5 Å². The topological polar surface area (TPSA) is 273 Å². The number of halogens is 2. The smallest absolute Gasteiger partial charge is 0.307 e.